The lowest BCUT2D eigenvalue weighted by molar-refractivity contribution is -0.138. The second-order valence-corrected chi connectivity index (χ2v) is 4.94. The number of morpholine rings is 1. The molecule has 1 atom stereocenters. The number of hydrogen-bond acceptors (Lipinski definition) is 4. The van der Waals surface area contributed by atoms with Crippen LogP contribution < -0.4 is 0 Å². The number of hydrogen-bond donors (Lipinski definition) is 0. The molecule has 0 aromatic carbocycles. The van der Waals surface area contributed by atoms with E-state index in [1.54, 1.807) is 0 Å². The fourth-order valence-electron chi connectivity index (χ4n) is 2.39. The number of ketones is 1. The number of pyridine rings is 1. The Kier molecular flexibility index (Phi) is 4.95. The summed E-state index contributed by atoms with van der Waals surface area (Å²) < 4.78 is 44.2. The molecule has 1 aromatic heterocycles. The van der Waals surface area contributed by atoms with Crippen LogP contribution in [-0.4, -0.2) is 48.0 Å². The molecule has 1 fully saturated rings. The summed E-state index contributed by atoms with van der Waals surface area (Å²) in [7, 11) is 0. The Bertz CT molecular complexity index is 503. The first kappa shape index (κ1) is 15.9. The van der Waals surface area contributed by atoms with E-state index in [9.17, 15) is 18.0 Å². The van der Waals surface area contributed by atoms with E-state index >= 15 is 0 Å². The maximum absolute atomic E-state index is 12.9. The third-order valence-electron chi connectivity index (χ3n) is 3.37. The van der Waals surface area contributed by atoms with E-state index in [1.807, 2.05) is 11.8 Å². The maximum atomic E-state index is 12.9. The summed E-state index contributed by atoms with van der Waals surface area (Å²) in [6, 6.07) is 0.819. The minimum atomic E-state index is -4.58. The Hall–Kier alpha value is -1.47. The monoisotopic (exact) mass is 302 g/mol. The molecule has 1 aliphatic rings. The van der Waals surface area contributed by atoms with Gasteiger partial charge in [-0.15, -0.1) is 0 Å². The summed E-state index contributed by atoms with van der Waals surface area (Å²) in [5, 5.41) is 0. The van der Waals surface area contributed by atoms with Crippen molar-refractivity contribution in [3.63, 3.8) is 0 Å². The molecule has 1 saturated heterocycles. The number of alkyl halides is 3. The van der Waals surface area contributed by atoms with E-state index in [-0.39, 0.29) is 0 Å². The molecule has 21 heavy (non-hydrogen) atoms. The Labute approximate surface area is 120 Å². The van der Waals surface area contributed by atoms with Crippen molar-refractivity contribution in [3.8, 4) is 0 Å². The van der Waals surface area contributed by atoms with Crippen molar-refractivity contribution < 1.29 is 22.7 Å². The third kappa shape index (κ3) is 3.79. The van der Waals surface area contributed by atoms with Gasteiger partial charge in [-0.05, 0) is 19.0 Å². The molecule has 0 radical (unpaired) electrons. The van der Waals surface area contributed by atoms with E-state index in [4.69, 9.17) is 4.74 Å². The van der Waals surface area contributed by atoms with Crippen LogP contribution in [0, 0.1) is 0 Å². The Balaban J connectivity index is 2.20. The van der Waals surface area contributed by atoms with Crippen LogP contribution in [0.25, 0.3) is 0 Å². The first-order valence-corrected chi connectivity index (χ1v) is 6.83. The molecule has 4 nitrogen and oxygen atoms in total. The summed E-state index contributed by atoms with van der Waals surface area (Å²) in [5.74, 6) is -0.656. The second-order valence-electron chi connectivity index (χ2n) is 4.94. The standard InChI is InChI=1S/C14H17F3N2O2/c1-2-5-19-6-7-21-12(9-19)13(20)10-8-18-4-3-11(10)14(15,16)17/h3-4,8,12H,2,5-7,9H2,1H3. The van der Waals surface area contributed by atoms with Gasteiger partial charge in [0, 0.05) is 25.5 Å². The minimum absolute atomic E-state index is 0.318. The van der Waals surface area contributed by atoms with Crippen LogP contribution in [-0.2, 0) is 10.9 Å². The Morgan fingerprint density at radius 3 is 2.95 bits per heavy atom. The van der Waals surface area contributed by atoms with Crippen LogP contribution in [0.15, 0.2) is 18.5 Å². The molecular formula is C14H17F3N2O2. The molecule has 2 rings (SSSR count). The van der Waals surface area contributed by atoms with Crippen LogP contribution >= 0.6 is 0 Å². The number of nitrogens with zero attached hydrogens (tertiary/aromatic N) is 2. The molecule has 1 unspecified atom stereocenters. The zero-order valence-electron chi connectivity index (χ0n) is 11.7. The fraction of sp³-hybridized carbons (Fsp3) is 0.571. The zero-order chi connectivity index (χ0) is 15.5. The molecule has 1 aromatic rings. The topological polar surface area (TPSA) is 42.4 Å². The predicted octanol–water partition coefficient (Wildman–Crippen LogP) is 2.39. The Morgan fingerprint density at radius 1 is 1.52 bits per heavy atom. The van der Waals surface area contributed by atoms with E-state index in [1.165, 1.54) is 0 Å². The molecule has 1 aliphatic heterocycles. The number of ether oxygens (including phenoxy) is 1. The lowest BCUT2D eigenvalue weighted by Crippen LogP contribution is -2.46. The first-order valence-electron chi connectivity index (χ1n) is 6.83. The smallest absolute Gasteiger partial charge is 0.367 e. The maximum Gasteiger partial charge on any atom is 0.417 e. The first-order chi connectivity index (χ1) is 9.93. The predicted molar refractivity (Wildman–Crippen MR) is 70.0 cm³/mol. The number of halogens is 3. The highest BCUT2D eigenvalue weighted by atomic mass is 19.4. The molecule has 0 spiro atoms. The summed E-state index contributed by atoms with van der Waals surface area (Å²) in [6.07, 6.45) is -2.53. The minimum Gasteiger partial charge on any atom is -0.367 e. The van der Waals surface area contributed by atoms with Crippen LogP contribution in [0.3, 0.4) is 0 Å². The molecule has 0 aliphatic carbocycles. The number of carbonyl (C=O) groups is 1. The van der Waals surface area contributed by atoms with Crippen LogP contribution in [0.2, 0.25) is 0 Å². The number of carbonyl (C=O) groups excluding carboxylic acids is 1. The summed E-state index contributed by atoms with van der Waals surface area (Å²) in [6.45, 7) is 4.16. The lowest BCUT2D eigenvalue weighted by Gasteiger charge is -2.32. The average molecular weight is 302 g/mol. The highest BCUT2D eigenvalue weighted by molar-refractivity contribution is 6.00. The van der Waals surface area contributed by atoms with E-state index in [0.29, 0.717) is 19.7 Å². The van der Waals surface area contributed by atoms with Crippen LogP contribution in [0.5, 0.6) is 0 Å². The largest absolute Gasteiger partial charge is 0.417 e. The van der Waals surface area contributed by atoms with Crippen molar-refractivity contribution in [2.45, 2.75) is 25.6 Å². The van der Waals surface area contributed by atoms with E-state index in [2.05, 4.69) is 4.98 Å². The van der Waals surface area contributed by atoms with Gasteiger partial charge < -0.3 is 4.74 Å². The van der Waals surface area contributed by atoms with Crippen LogP contribution in [0.4, 0.5) is 13.2 Å². The third-order valence-corrected chi connectivity index (χ3v) is 3.37. The van der Waals surface area contributed by atoms with Crippen molar-refractivity contribution >= 4 is 5.78 Å². The van der Waals surface area contributed by atoms with E-state index < -0.39 is 29.2 Å². The fourth-order valence-corrected chi connectivity index (χ4v) is 2.39. The van der Waals surface area contributed by atoms with Gasteiger partial charge in [0.15, 0.2) is 5.78 Å². The summed E-state index contributed by atoms with van der Waals surface area (Å²) in [4.78, 5) is 18.0. The van der Waals surface area contributed by atoms with E-state index in [0.717, 1.165) is 31.4 Å². The normalized spacial score (nSPS) is 20.5. The molecule has 0 amide bonds. The van der Waals surface area contributed by atoms with Gasteiger partial charge in [-0.1, -0.05) is 6.92 Å². The molecule has 116 valence electrons. The van der Waals surface area contributed by atoms with Gasteiger partial charge in [0.1, 0.15) is 6.10 Å². The number of rotatable bonds is 4. The van der Waals surface area contributed by atoms with Gasteiger partial charge in [-0.2, -0.15) is 13.2 Å². The van der Waals surface area contributed by atoms with Gasteiger partial charge in [0.2, 0.25) is 0 Å². The van der Waals surface area contributed by atoms with Gasteiger partial charge in [-0.25, -0.2) is 0 Å². The Morgan fingerprint density at radius 2 is 2.29 bits per heavy atom. The molecular weight excluding hydrogens is 285 g/mol. The van der Waals surface area contributed by atoms with Crippen molar-refractivity contribution in [2.75, 3.05) is 26.2 Å². The van der Waals surface area contributed by atoms with Gasteiger partial charge in [0.05, 0.1) is 17.7 Å². The van der Waals surface area contributed by atoms with Crippen molar-refractivity contribution in [3.05, 3.63) is 29.6 Å². The lowest BCUT2D eigenvalue weighted by atomic mass is 10.0. The highest BCUT2D eigenvalue weighted by Crippen LogP contribution is 2.32. The quantitative estimate of drug-likeness (QED) is 0.801. The summed E-state index contributed by atoms with van der Waals surface area (Å²) in [5.41, 5.74) is -1.38. The highest BCUT2D eigenvalue weighted by Gasteiger charge is 2.37. The second kappa shape index (κ2) is 6.53. The molecule has 0 saturated carbocycles. The zero-order valence-corrected chi connectivity index (χ0v) is 11.7. The van der Waals surface area contributed by atoms with Crippen molar-refractivity contribution in [1.82, 2.24) is 9.88 Å². The van der Waals surface area contributed by atoms with Gasteiger partial charge in [-0.3, -0.25) is 14.7 Å². The van der Waals surface area contributed by atoms with Gasteiger partial charge in [0.25, 0.3) is 0 Å². The summed E-state index contributed by atoms with van der Waals surface area (Å²) >= 11 is 0. The SMILES string of the molecule is CCCN1CCOC(C(=O)c2cnccc2C(F)(F)F)C1. The van der Waals surface area contributed by atoms with Crippen molar-refractivity contribution in [2.24, 2.45) is 0 Å². The molecule has 0 bridgehead atoms. The molecule has 2 heterocycles. The average Bonchev–Trinajstić information content (AvgIpc) is 2.46. The molecule has 7 heteroatoms. The molecule has 0 N–H and O–H groups in total. The number of Topliss-reactive ketones (excluding diaryl/α,β-unsaturated/α-hetero) is 1. The van der Waals surface area contributed by atoms with Gasteiger partial charge >= 0.3 is 6.18 Å². The van der Waals surface area contributed by atoms with Crippen molar-refractivity contribution in [1.29, 1.82) is 0 Å². The number of aromatic nitrogens is 1. The van der Waals surface area contributed by atoms with Crippen LogP contribution in [0.1, 0.15) is 29.3 Å².